The zero-order valence-corrected chi connectivity index (χ0v) is 6.19. The third-order valence-electron chi connectivity index (χ3n) is 0.716. The van der Waals surface area contributed by atoms with Gasteiger partial charge in [-0.2, -0.15) is 12.6 Å². The highest BCUT2D eigenvalue weighted by Crippen LogP contribution is 1.86. The van der Waals surface area contributed by atoms with Crippen molar-refractivity contribution < 1.29 is 9.90 Å². The van der Waals surface area contributed by atoms with Crippen LogP contribution in [0.5, 0.6) is 0 Å². The van der Waals surface area contributed by atoms with Crippen molar-refractivity contribution in [1.29, 1.82) is 0 Å². The monoisotopic (exact) mass is 149 g/mol. The summed E-state index contributed by atoms with van der Waals surface area (Å²) in [5.41, 5.74) is 0. The van der Waals surface area contributed by atoms with Crippen LogP contribution in [0.1, 0.15) is 6.92 Å². The number of thiol groups is 1. The number of aliphatic carboxylic acids is 1. The molecule has 9 heavy (non-hydrogen) atoms. The maximum atomic E-state index is 9.89. The smallest absolute Gasteiger partial charge is 0.317 e. The molecule has 0 aromatic carbocycles. The molecule has 0 aliphatic rings. The van der Waals surface area contributed by atoms with E-state index in [4.69, 9.17) is 5.11 Å². The number of carboxylic acid groups (broad SMARTS) is 1. The van der Waals surface area contributed by atoms with Gasteiger partial charge in [-0.15, -0.1) is 0 Å². The Kier molecular flexibility index (Phi) is 4.53. The third-order valence-corrected chi connectivity index (χ3v) is 0.899. The van der Waals surface area contributed by atoms with Crippen molar-refractivity contribution in [3.63, 3.8) is 0 Å². The summed E-state index contributed by atoms with van der Waals surface area (Å²) < 4.78 is 0. The van der Waals surface area contributed by atoms with Gasteiger partial charge >= 0.3 is 5.97 Å². The zero-order valence-electron chi connectivity index (χ0n) is 5.29. The fourth-order valence-electron chi connectivity index (χ4n) is 0.388. The number of hydrogen-bond donors (Lipinski definition) is 3. The molecule has 0 bridgehead atoms. The second kappa shape index (κ2) is 4.64. The van der Waals surface area contributed by atoms with E-state index >= 15 is 0 Å². The predicted octanol–water partition coefficient (Wildman–Crippen LogP) is -0.0211. The predicted molar refractivity (Wildman–Crippen MR) is 39.0 cm³/mol. The Bertz CT molecular complexity index is 95.0. The Morgan fingerprint density at radius 2 is 2.44 bits per heavy atom. The van der Waals surface area contributed by atoms with E-state index in [1.165, 1.54) is 0 Å². The van der Waals surface area contributed by atoms with E-state index in [-0.39, 0.29) is 11.8 Å². The first-order valence-electron chi connectivity index (χ1n) is 2.73. The fourth-order valence-corrected chi connectivity index (χ4v) is 0.517. The molecule has 0 amide bonds. The highest BCUT2D eigenvalue weighted by molar-refractivity contribution is 7.80. The Balaban J connectivity index is 3.01. The number of carbonyl (C=O) groups is 1. The minimum absolute atomic E-state index is 0.0187. The van der Waals surface area contributed by atoms with E-state index in [2.05, 4.69) is 17.9 Å². The summed E-state index contributed by atoms with van der Waals surface area (Å²) in [6.45, 7) is 2.55. The maximum Gasteiger partial charge on any atom is 0.317 e. The van der Waals surface area contributed by atoms with Crippen LogP contribution in [0.2, 0.25) is 0 Å². The summed E-state index contributed by atoms with van der Waals surface area (Å²) in [5.74, 6) is -0.830. The third kappa shape index (κ3) is 7.78. The summed E-state index contributed by atoms with van der Waals surface area (Å²) in [6.07, 6.45) is 0. The van der Waals surface area contributed by atoms with Crippen molar-refractivity contribution in [1.82, 2.24) is 5.32 Å². The molecule has 4 heteroatoms. The van der Waals surface area contributed by atoms with E-state index < -0.39 is 5.97 Å². The van der Waals surface area contributed by atoms with Crippen molar-refractivity contribution in [2.75, 3.05) is 13.1 Å². The minimum atomic E-state index is -0.830. The van der Waals surface area contributed by atoms with Gasteiger partial charge < -0.3 is 10.4 Å². The lowest BCUT2D eigenvalue weighted by molar-refractivity contribution is -0.135. The van der Waals surface area contributed by atoms with Gasteiger partial charge in [-0.05, 0) is 0 Å². The molecular formula is C5H11NO2S. The molecule has 0 radical (unpaired) electrons. The Labute approximate surface area is 59.9 Å². The van der Waals surface area contributed by atoms with Crippen molar-refractivity contribution in [2.24, 2.45) is 0 Å². The molecule has 0 heterocycles. The van der Waals surface area contributed by atoms with Crippen molar-refractivity contribution in [3.05, 3.63) is 0 Å². The summed E-state index contributed by atoms with van der Waals surface area (Å²) in [6, 6.07) is 0. The fraction of sp³-hybridized carbons (Fsp3) is 0.800. The molecule has 0 aliphatic heterocycles. The van der Waals surface area contributed by atoms with E-state index in [1.807, 2.05) is 6.92 Å². The topological polar surface area (TPSA) is 49.3 Å². The Hall–Kier alpha value is -0.220. The van der Waals surface area contributed by atoms with Crippen LogP contribution in [0, 0.1) is 0 Å². The standard InChI is InChI=1S/C5H11NO2S/c1-4(9)2-6-3-5(7)8/h4,6,9H,2-3H2,1H3,(H,7,8). The molecule has 2 N–H and O–H groups in total. The van der Waals surface area contributed by atoms with E-state index in [1.54, 1.807) is 0 Å². The molecule has 0 aliphatic carbocycles. The summed E-state index contributed by atoms with van der Waals surface area (Å²) in [4.78, 5) is 9.89. The number of hydrogen-bond acceptors (Lipinski definition) is 3. The molecule has 54 valence electrons. The van der Waals surface area contributed by atoms with Crippen LogP contribution < -0.4 is 5.32 Å². The lowest BCUT2D eigenvalue weighted by atomic mass is 10.4. The van der Waals surface area contributed by atoms with E-state index in [9.17, 15) is 4.79 Å². The highest BCUT2D eigenvalue weighted by Gasteiger charge is 1.96. The zero-order chi connectivity index (χ0) is 7.28. The lowest BCUT2D eigenvalue weighted by Crippen LogP contribution is -2.27. The lowest BCUT2D eigenvalue weighted by Gasteiger charge is -2.02. The average molecular weight is 149 g/mol. The Morgan fingerprint density at radius 1 is 1.89 bits per heavy atom. The Morgan fingerprint density at radius 3 is 2.78 bits per heavy atom. The number of nitrogens with one attached hydrogen (secondary N) is 1. The first-order valence-corrected chi connectivity index (χ1v) is 3.25. The summed E-state index contributed by atoms with van der Waals surface area (Å²) in [5, 5.41) is 11.1. The van der Waals surface area contributed by atoms with Crippen molar-refractivity contribution in [3.8, 4) is 0 Å². The van der Waals surface area contributed by atoms with Gasteiger partial charge in [0, 0.05) is 11.8 Å². The molecular weight excluding hydrogens is 138 g/mol. The molecule has 1 unspecified atom stereocenters. The highest BCUT2D eigenvalue weighted by atomic mass is 32.1. The van der Waals surface area contributed by atoms with Crippen LogP contribution in [-0.4, -0.2) is 29.4 Å². The van der Waals surface area contributed by atoms with Gasteiger partial charge in [-0.1, -0.05) is 6.92 Å². The second-order valence-electron chi connectivity index (χ2n) is 1.87. The molecule has 1 atom stereocenters. The van der Waals surface area contributed by atoms with Gasteiger partial charge in [0.05, 0.1) is 6.54 Å². The molecule has 3 nitrogen and oxygen atoms in total. The molecule has 0 aromatic rings. The first-order chi connectivity index (χ1) is 4.13. The normalized spacial score (nSPS) is 13.1. The van der Waals surface area contributed by atoms with Gasteiger partial charge in [0.2, 0.25) is 0 Å². The van der Waals surface area contributed by atoms with Crippen LogP contribution in [0.25, 0.3) is 0 Å². The van der Waals surface area contributed by atoms with Gasteiger partial charge in [-0.3, -0.25) is 4.79 Å². The van der Waals surface area contributed by atoms with Crippen LogP contribution >= 0.6 is 12.6 Å². The maximum absolute atomic E-state index is 9.89. The minimum Gasteiger partial charge on any atom is -0.480 e. The molecule has 0 saturated carbocycles. The molecule has 0 spiro atoms. The van der Waals surface area contributed by atoms with E-state index in [0.29, 0.717) is 6.54 Å². The number of carboxylic acids is 1. The average Bonchev–Trinajstić information content (AvgIpc) is 1.63. The van der Waals surface area contributed by atoms with Crippen LogP contribution in [-0.2, 0) is 4.79 Å². The molecule has 0 fully saturated rings. The number of rotatable bonds is 4. The largest absolute Gasteiger partial charge is 0.480 e. The molecule has 0 aromatic heterocycles. The van der Waals surface area contributed by atoms with Gasteiger partial charge in [0.25, 0.3) is 0 Å². The SMILES string of the molecule is CC(S)CNCC(=O)O. The second-order valence-corrected chi connectivity index (χ2v) is 2.76. The molecule has 0 saturated heterocycles. The van der Waals surface area contributed by atoms with E-state index in [0.717, 1.165) is 0 Å². The van der Waals surface area contributed by atoms with Crippen LogP contribution in [0.15, 0.2) is 0 Å². The molecule has 0 rings (SSSR count). The van der Waals surface area contributed by atoms with Crippen LogP contribution in [0.4, 0.5) is 0 Å². The summed E-state index contributed by atoms with van der Waals surface area (Å²) in [7, 11) is 0. The van der Waals surface area contributed by atoms with Crippen molar-refractivity contribution >= 4 is 18.6 Å². The summed E-state index contributed by atoms with van der Waals surface area (Å²) >= 11 is 4.05. The van der Waals surface area contributed by atoms with Gasteiger partial charge in [0.15, 0.2) is 0 Å². The van der Waals surface area contributed by atoms with Gasteiger partial charge in [-0.25, -0.2) is 0 Å². The van der Waals surface area contributed by atoms with Crippen LogP contribution in [0.3, 0.4) is 0 Å². The quantitative estimate of drug-likeness (QED) is 0.492. The van der Waals surface area contributed by atoms with Gasteiger partial charge in [0.1, 0.15) is 0 Å². The van der Waals surface area contributed by atoms with Crippen molar-refractivity contribution in [2.45, 2.75) is 12.2 Å². The first kappa shape index (κ1) is 8.78.